The average molecular weight is 630 g/mol. The molecule has 0 radical (unpaired) electrons. The van der Waals surface area contributed by atoms with Crippen LogP contribution in [-0.4, -0.2) is 22.7 Å². The highest BCUT2D eigenvalue weighted by atomic mass is 79.9. The fraction of sp³-hybridized carbons (Fsp3) is 0.526. The first-order valence-electron chi connectivity index (χ1n) is 16.0. The maximum absolute atomic E-state index is 14.5. The number of fused-ring (bicyclic) bond motifs is 5. The molecule has 4 saturated carbocycles. The number of benzene rings is 2. The van der Waals surface area contributed by atoms with Gasteiger partial charge in [0.25, 0.3) is 0 Å². The number of halogens is 1. The number of hydrogen-bond acceptors (Lipinski definition) is 3. The molecule has 0 N–H and O–H groups in total. The Morgan fingerprint density at radius 3 is 2.14 bits per heavy atom. The standard InChI is InChI=1S/C38H45BrO3/c1-24(15-17-30(26-11-7-5-8-12-26)27-13-9-6-10-14-27)32-19-20-33-31-18-16-28-23-29(42-25(2)40)21-22-37(28,3)34(31)35(41)36(39)38(32,33)4/h5-15,17,28-29,31-34,36H,16,18-23H2,1-4H3/b24-15-/t28-,29+,31+,32-,33+,34-,36-,37+,38-/m1/s1. The summed E-state index contributed by atoms with van der Waals surface area (Å²) in [6, 6.07) is 21.3. The van der Waals surface area contributed by atoms with E-state index in [4.69, 9.17) is 4.74 Å². The van der Waals surface area contributed by atoms with Crippen molar-refractivity contribution in [2.24, 2.45) is 40.4 Å². The maximum atomic E-state index is 14.5. The summed E-state index contributed by atoms with van der Waals surface area (Å²) in [7, 11) is 0. The number of Topliss-reactive ketones (excluding diaryl/α,β-unsaturated/α-hetero) is 1. The lowest BCUT2D eigenvalue weighted by atomic mass is 9.44. The molecule has 4 heteroatoms. The molecule has 0 amide bonds. The number of hydrogen-bond donors (Lipinski definition) is 0. The van der Waals surface area contributed by atoms with E-state index in [9.17, 15) is 9.59 Å². The Kier molecular flexibility index (Phi) is 8.15. The predicted molar refractivity (Wildman–Crippen MR) is 173 cm³/mol. The Hall–Kier alpha value is -2.46. The minimum absolute atomic E-state index is 0.00399. The fourth-order valence-electron chi connectivity index (χ4n) is 9.97. The zero-order chi connectivity index (χ0) is 29.6. The molecule has 222 valence electrons. The number of rotatable bonds is 5. The summed E-state index contributed by atoms with van der Waals surface area (Å²) >= 11 is 4.06. The largest absolute Gasteiger partial charge is 0.463 e. The van der Waals surface area contributed by atoms with E-state index in [1.807, 2.05) is 0 Å². The number of allylic oxidation sites excluding steroid dienone is 3. The van der Waals surface area contributed by atoms with Crippen LogP contribution in [-0.2, 0) is 14.3 Å². The molecule has 4 fully saturated rings. The van der Waals surface area contributed by atoms with Crippen LogP contribution in [0.3, 0.4) is 0 Å². The summed E-state index contributed by atoms with van der Waals surface area (Å²) in [4.78, 5) is 26.0. The van der Waals surface area contributed by atoms with Gasteiger partial charge in [0.05, 0.1) is 4.83 Å². The molecule has 0 spiro atoms. The number of carbonyl (C=O) groups is 2. The third-order valence-electron chi connectivity index (χ3n) is 12.0. The molecule has 9 atom stereocenters. The number of alkyl halides is 1. The fourth-order valence-corrected chi connectivity index (χ4v) is 10.9. The first-order valence-corrected chi connectivity index (χ1v) is 16.9. The molecule has 0 bridgehead atoms. The number of esters is 1. The van der Waals surface area contributed by atoms with Crippen molar-refractivity contribution < 1.29 is 14.3 Å². The normalized spacial score (nSPS) is 37.7. The second-order valence-corrected chi connectivity index (χ2v) is 14.9. The lowest BCUT2D eigenvalue weighted by Gasteiger charge is -2.61. The Morgan fingerprint density at radius 2 is 1.52 bits per heavy atom. The van der Waals surface area contributed by atoms with Gasteiger partial charge in [0.2, 0.25) is 0 Å². The molecule has 0 unspecified atom stereocenters. The zero-order valence-corrected chi connectivity index (χ0v) is 27.1. The summed E-state index contributed by atoms with van der Waals surface area (Å²) in [6.07, 6.45) is 12.0. The van der Waals surface area contributed by atoms with Crippen LogP contribution in [0, 0.1) is 40.4 Å². The molecule has 2 aromatic rings. The summed E-state index contributed by atoms with van der Waals surface area (Å²) in [5.74, 6) is 2.14. The van der Waals surface area contributed by atoms with Crippen molar-refractivity contribution >= 4 is 33.3 Å². The highest BCUT2D eigenvalue weighted by molar-refractivity contribution is 9.10. The van der Waals surface area contributed by atoms with Crippen LogP contribution in [0.4, 0.5) is 0 Å². The number of ether oxygens (including phenoxy) is 1. The zero-order valence-electron chi connectivity index (χ0n) is 25.5. The van der Waals surface area contributed by atoms with Gasteiger partial charge in [-0.1, -0.05) is 108 Å². The highest BCUT2D eigenvalue weighted by Crippen LogP contribution is 2.68. The van der Waals surface area contributed by atoms with E-state index in [0.717, 1.165) is 38.5 Å². The van der Waals surface area contributed by atoms with Crippen LogP contribution in [0.25, 0.3) is 5.57 Å². The molecular formula is C38H45BrO3. The van der Waals surface area contributed by atoms with Crippen molar-refractivity contribution in [2.75, 3.05) is 0 Å². The van der Waals surface area contributed by atoms with Gasteiger partial charge in [-0.2, -0.15) is 0 Å². The van der Waals surface area contributed by atoms with Gasteiger partial charge in [-0.3, -0.25) is 9.59 Å². The average Bonchev–Trinajstić information content (AvgIpc) is 3.35. The summed E-state index contributed by atoms with van der Waals surface area (Å²) in [5.41, 5.74) is 4.93. The van der Waals surface area contributed by atoms with Gasteiger partial charge in [-0.25, -0.2) is 0 Å². The van der Waals surface area contributed by atoms with Crippen LogP contribution in [0.5, 0.6) is 0 Å². The second kappa shape index (κ2) is 11.6. The molecule has 0 aliphatic heterocycles. The van der Waals surface area contributed by atoms with E-state index in [0.29, 0.717) is 29.5 Å². The lowest BCUT2D eigenvalue weighted by Crippen LogP contribution is -2.62. The topological polar surface area (TPSA) is 43.4 Å². The van der Waals surface area contributed by atoms with Gasteiger partial charge in [0.1, 0.15) is 6.10 Å². The van der Waals surface area contributed by atoms with Crippen molar-refractivity contribution in [3.8, 4) is 0 Å². The lowest BCUT2D eigenvalue weighted by molar-refractivity contribution is -0.167. The van der Waals surface area contributed by atoms with E-state index in [1.54, 1.807) is 0 Å². The van der Waals surface area contributed by atoms with E-state index in [1.165, 1.54) is 35.6 Å². The molecule has 3 nitrogen and oxygen atoms in total. The molecule has 0 heterocycles. The van der Waals surface area contributed by atoms with Crippen molar-refractivity contribution in [1.82, 2.24) is 0 Å². The first kappa shape index (κ1) is 29.6. The third-order valence-corrected chi connectivity index (χ3v) is 13.4. The molecule has 0 aromatic heterocycles. The molecule has 0 saturated heterocycles. The summed E-state index contributed by atoms with van der Waals surface area (Å²) in [6.45, 7) is 8.59. The number of ketones is 1. The first-order chi connectivity index (χ1) is 20.1. The molecule has 2 aromatic carbocycles. The van der Waals surface area contributed by atoms with Crippen LogP contribution in [0.2, 0.25) is 0 Å². The van der Waals surface area contributed by atoms with Gasteiger partial charge in [0, 0.05) is 12.8 Å². The van der Waals surface area contributed by atoms with Crippen LogP contribution < -0.4 is 0 Å². The van der Waals surface area contributed by atoms with Crippen molar-refractivity contribution in [1.29, 1.82) is 0 Å². The summed E-state index contributed by atoms with van der Waals surface area (Å²) in [5, 5.41) is 0. The smallest absolute Gasteiger partial charge is 0.302 e. The van der Waals surface area contributed by atoms with Gasteiger partial charge in [0.15, 0.2) is 5.78 Å². The molecule has 4 aliphatic rings. The van der Waals surface area contributed by atoms with Crippen molar-refractivity contribution in [2.45, 2.75) is 83.6 Å². The van der Waals surface area contributed by atoms with Gasteiger partial charge >= 0.3 is 5.97 Å². The third kappa shape index (κ3) is 4.96. The van der Waals surface area contributed by atoms with E-state index < -0.39 is 0 Å². The predicted octanol–water partition coefficient (Wildman–Crippen LogP) is 9.21. The van der Waals surface area contributed by atoms with Gasteiger partial charge < -0.3 is 4.74 Å². The van der Waals surface area contributed by atoms with E-state index >= 15 is 0 Å². The monoisotopic (exact) mass is 628 g/mol. The molecule has 6 rings (SSSR count). The molecule has 42 heavy (non-hydrogen) atoms. The molecular weight excluding hydrogens is 584 g/mol. The summed E-state index contributed by atoms with van der Waals surface area (Å²) < 4.78 is 5.65. The Labute approximate surface area is 260 Å². The number of carbonyl (C=O) groups excluding carboxylic acids is 2. The van der Waals surface area contributed by atoms with Crippen molar-refractivity contribution in [3.05, 3.63) is 89.5 Å². The van der Waals surface area contributed by atoms with Crippen molar-refractivity contribution in [3.63, 3.8) is 0 Å². The minimum Gasteiger partial charge on any atom is -0.463 e. The van der Waals surface area contributed by atoms with E-state index in [2.05, 4.69) is 110 Å². The quantitative estimate of drug-likeness (QED) is 0.188. The SMILES string of the molecule is CC(=O)O[C@H]1CC[C@@]2(C)[C@H](CC[C@@H]3[C@@H]2C(=O)[C@@H](Br)[C@]2(C)[C@@H](/C(C)=C\C=C(c4ccccc4)c4ccccc4)CC[C@@H]32)C1. The molecule has 4 aliphatic carbocycles. The second-order valence-electron chi connectivity index (χ2n) is 14.0. The van der Waals surface area contributed by atoms with E-state index in [-0.39, 0.29) is 33.6 Å². The van der Waals surface area contributed by atoms with Crippen LogP contribution >= 0.6 is 15.9 Å². The van der Waals surface area contributed by atoms with Crippen LogP contribution in [0.15, 0.2) is 78.4 Å². The maximum Gasteiger partial charge on any atom is 0.302 e. The van der Waals surface area contributed by atoms with Gasteiger partial charge in [-0.15, -0.1) is 0 Å². The Morgan fingerprint density at radius 1 is 0.881 bits per heavy atom. The van der Waals surface area contributed by atoms with Crippen LogP contribution in [0.1, 0.15) is 83.8 Å². The Balaban J connectivity index is 1.29. The highest BCUT2D eigenvalue weighted by Gasteiger charge is 2.66. The Bertz CT molecular complexity index is 1340. The minimum atomic E-state index is -0.183. The van der Waals surface area contributed by atoms with Gasteiger partial charge in [-0.05, 0) is 103 Å².